The van der Waals surface area contributed by atoms with Gasteiger partial charge in [0.25, 0.3) is 0 Å². The molecule has 0 saturated heterocycles. The van der Waals surface area contributed by atoms with E-state index in [1.165, 1.54) is 0 Å². The second-order valence-electron chi connectivity index (χ2n) is 5.66. The molecule has 1 aliphatic carbocycles. The third-order valence-corrected chi connectivity index (χ3v) is 4.02. The molecule has 1 amide bonds. The highest BCUT2D eigenvalue weighted by Gasteiger charge is 2.33. The molecule has 0 radical (unpaired) electrons. The molecule has 20 heavy (non-hydrogen) atoms. The van der Waals surface area contributed by atoms with Gasteiger partial charge in [0.1, 0.15) is 0 Å². The van der Waals surface area contributed by atoms with Crippen LogP contribution in [-0.2, 0) is 9.53 Å². The number of aliphatic hydroxyl groups is 1. The maximum Gasteiger partial charge on any atom is 0.227 e. The van der Waals surface area contributed by atoms with E-state index in [4.69, 9.17) is 4.74 Å². The van der Waals surface area contributed by atoms with Crippen molar-refractivity contribution in [3.63, 3.8) is 0 Å². The monoisotopic (exact) mass is 277 g/mol. The van der Waals surface area contributed by atoms with Crippen molar-refractivity contribution in [3.05, 3.63) is 29.8 Å². The van der Waals surface area contributed by atoms with E-state index in [0.717, 1.165) is 36.9 Å². The van der Waals surface area contributed by atoms with Gasteiger partial charge in [-0.05, 0) is 37.5 Å². The fourth-order valence-corrected chi connectivity index (χ4v) is 2.72. The molecule has 1 fully saturated rings. The first-order chi connectivity index (χ1) is 9.52. The number of carbonyl (C=O) groups excluding carboxylic acids is 1. The van der Waals surface area contributed by atoms with E-state index in [1.807, 2.05) is 31.2 Å². The van der Waals surface area contributed by atoms with E-state index in [0.29, 0.717) is 0 Å². The van der Waals surface area contributed by atoms with Gasteiger partial charge >= 0.3 is 0 Å². The number of hydrogen-bond donors (Lipinski definition) is 2. The second kappa shape index (κ2) is 6.37. The summed E-state index contributed by atoms with van der Waals surface area (Å²) in [6, 6.07) is 7.62. The second-order valence-corrected chi connectivity index (χ2v) is 5.66. The maximum atomic E-state index is 12.0. The Labute approximate surface area is 120 Å². The summed E-state index contributed by atoms with van der Waals surface area (Å²) in [4.78, 5) is 12.0. The van der Waals surface area contributed by atoms with Crippen molar-refractivity contribution in [2.75, 3.05) is 12.4 Å². The molecule has 1 aliphatic rings. The van der Waals surface area contributed by atoms with Gasteiger partial charge in [0.15, 0.2) is 0 Å². The van der Waals surface area contributed by atoms with Crippen LogP contribution < -0.4 is 5.32 Å². The number of methoxy groups -OCH3 is 1. The molecule has 0 spiro atoms. The third kappa shape index (κ3) is 3.81. The summed E-state index contributed by atoms with van der Waals surface area (Å²) in [5, 5.41) is 13.1. The molecule has 1 aromatic carbocycles. The number of benzene rings is 1. The van der Waals surface area contributed by atoms with Crippen LogP contribution >= 0.6 is 0 Å². The summed E-state index contributed by atoms with van der Waals surface area (Å²) in [7, 11) is 1.66. The highest BCUT2D eigenvalue weighted by Crippen LogP contribution is 2.32. The molecule has 4 heteroatoms. The van der Waals surface area contributed by atoms with Crippen molar-refractivity contribution in [2.24, 2.45) is 0 Å². The molecule has 0 aliphatic heterocycles. The van der Waals surface area contributed by atoms with E-state index in [1.54, 1.807) is 7.11 Å². The molecule has 2 rings (SSSR count). The van der Waals surface area contributed by atoms with E-state index in [2.05, 4.69) is 5.32 Å². The maximum absolute atomic E-state index is 12.0. The molecule has 0 bridgehead atoms. The molecular weight excluding hydrogens is 254 g/mol. The first-order valence-electron chi connectivity index (χ1n) is 7.17. The first-order valence-corrected chi connectivity index (χ1v) is 7.17. The van der Waals surface area contributed by atoms with Gasteiger partial charge in [0.05, 0.1) is 18.1 Å². The van der Waals surface area contributed by atoms with E-state index >= 15 is 0 Å². The van der Waals surface area contributed by atoms with Gasteiger partial charge in [0.2, 0.25) is 5.91 Å². The first kappa shape index (κ1) is 15.0. The van der Waals surface area contributed by atoms with E-state index in [9.17, 15) is 9.90 Å². The summed E-state index contributed by atoms with van der Waals surface area (Å²) >= 11 is 0. The fourth-order valence-electron chi connectivity index (χ4n) is 2.72. The largest absolute Gasteiger partial charge is 0.389 e. The van der Waals surface area contributed by atoms with Crippen LogP contribution in [0.25, 0.3) is 0 Å². The minimum atomic E-state index is -0.804. The quantitative estimate of drug-likeness (QED) is 0.869. The summed E-state index contributed by atoms with van der Waals surface area (Å²) in [6.07, 6.45) is 3.63. The smallest absolute Gasteiger partial charge is 0.227 e. The van der Waals surface area contributed by atoms with Crippen molar-refractivity contribution in [1.82, 2.24) is 0 Å². The normalized spacial score (nSPS) is 18.8. The number of carbonyl (C=O) groups is 1. The third-order valence-electron chi connectivity index (χ3n) is 4.02. The summed E-state index contributed by atoms with van der Waals surface area (Å²) in [5.41, 5.74) is 0.962. The predicted molar refractivity (Wildman–Crippen MR) is 78.5 cm³/mol. The summed E-state index contributed by atoms with van der Waals surface area (Å²) < 4.78 is 5.27. The van der Waals surface area contributed by atoms with Crippen LogP contribution in [0.15, 0.2) is 24.3 Å². The van der Waals surface area contributed by atoms with Crippen molar-refractivity contribution < 1.29 is 14.6 Å². The van der Waals surface area contributed by atoms with Gasteiger partial charge in [-0.1, -0.05) is 25.0 Å². The Morgan fingerprint density at radius 3 is 2.80 bits per heavy atom. The lowest BCUT2D eigenvalue weighted by Gasteiger charge is -2.21. The Kier molecular flexibility index (Phi) is 4.78. The number of hydrogen-bond acceptors (Lipinski definition) is 3. The van der Waals surface area contributed by atoms with Crippen LogP contribution in [0.2, 0.25) is 0 Å². The Morgan fingerprint density at radius 2 is 2.15 bits per heavy atom. The molecule has 1 aromatic rings. The number of ether oxygens (including phenoxy) is 1. The van der Waals surface area contributed by atoms with Gasteiger partial charge in [0, 0.05) is 12.8 Å². The van der Waals surface area contributed by atoms with Gasteiger partial charge in [-0.25, -0.2) is 0 Å². The Balaban J connectivity index is 1.97. The van der Waals surface area contributed by atoms with Crippen LogP contribution in [-0.4, -0.2) is 23.7 Å². The number of anilines is 1. The van der Waals surface area contributed by atoms with Crippen molar-refractivity contribution >= 4 is 11.6 Å². The predicted octanol–water partition coefficient (Wildman–Crippen LogP) is 3.03. The Bertz CT molecular complexity index is 467. The van der Waals surface area contributed by atoms with Crippen LogP contribution in [0.3, 0.4) is 0 Å². The molecular formula is C16H23NO3. The average molecular weight is 277 g/mol. The number of amides is 1. The lowest BCUT2D eigenvalue weighted by Crippen LogP contribution is -2.30. The topological polar surface area (TPSA) is 58.6 Å². The van der Waals surface area contributed by atoms with Crippen molar-refractivity contribution in [2.45, 2.75) is 50.7 Å². The van der Waals surface area contributed by atoms with E-state index in [-0.39, 0.29) is 18.4 Å². The zero-order valence-corrected chi connectivity index (χ0v) is 12.2. The Morgan fingerprint density at radius 1 is 1.45 bits per heavy atom. The molecule has 110 valence electrons. The standard InChI is InChI=1S/C16H23NO3/c1-12(20-2)13-6-5-7-14(10-13)17-15(18)11-16(19)8-3-4-9-16/h5-7,10,12,19H,3-4,8-9,11H2,1-2H3,(H,17,18). The average Bonchev–Trinajstić information content (AvgIpc) is 2.84. The number of rotatable bonds is 5. The minimum Gasteiger partial charge on any atom is -0.389 e. The van der Waals surface area contributed by atoms with Crippen LogP contribution in [0.5, 0.6) is 0 Å². The lowest BCUT2D eigenvalue weighted by molar-refractivity contribution is -0.120. The zero-order chi connectivity index (χ0) is 14.6. The molecule has 1 saturated carbocycles. The molecule has 4 nitrogen and oxygen atoms in total. The van der Waals surface area contributed by atoms with Gasteiger partial charge < -0.3 is 15.2 Å². The molecule has 0 heterocycles. The zero-order valence-electron chi connectivity index (χ0n) is 12.2. The molecule has 1 unspecified atom stereocenters. The van der Waals surface area contributed by atoms with Gasteiger partial charge in [-0.15, -0.1) is 0 Å². The van der Waals surface area contributed by atoms with Crippen LogP contribution in [0.4, 0.5) is 5.69 Å². The molecule has 0 aromatic heterocycles. The Hall–Kier alpha value is -1.39. The summed E-state index contributed by atoms with van der Waals surface area (Å²) in [6.45, 7) is 1.96. The molecule has 1 atom stereocenters. The SMILES string of the molecule is COC(C)c1cccc(NC(=O)CC2(O)CCCC2)c1. The van der Waals surface area contributed by atoms with E-state index < -0.39 is 5.60 Å². The van der Waals surface area contributed by atoms with Crippen molar-refractivity contribution in [1.29, 1.82) is 0 Å². The highest BCUT2D eigenvalue weighted by molar-refractivity contribution is 5.91. The van der Waals surface area contributed by atoms with Gasteiger partial charge in [-0.3, -0.25) is 4.79 Å². The van der Waals surface area contributed by atoms with Gasteiger partial charge in [-0.2, -0.15) is 0 Å². The number of nitrogens with one attached hydrogen (secondary N) is 1. The van der Waals surface area contributed by atoms with Crippen molar-refractivity contribution in [3.8, 4) is 0 Å². The van der Waals surface area contributed by atoms with Crippen LogP contribution in [0.1, 0.15) is 50.7 Å². The summed E-state index contributed by atoms with van der Waals surface area (Å²) in [5.74, 6) is -0.128. The highest BCUT2D eigenvalue weighted by atomic mass is 16.5. The lowest BCUT2D eigenvalue weighted by atomic mass is 9.97. The van der Waals surface area contributed by atoms with Crippen LogP contribution in [0, 0.1) is 0 Å². The fraction of sp³-hybridized carbons (Fsp3) is 0.562. The molecule has 2 N–H and O–H groups in total. The minimum absolute atomic E-state index is 0.00846.